The van der Waals surface area contributed by atoms with Gasteiger partial charge in [0, 0.05) is 25.4 Å². The summed E-state index contributed by atoms with van der Waals surface area (Å²) in [5, 5.41) is 12.1. The fourth-order valence-electron chi connectivity index (χ4n) is 1.71. The first-order valence-electron chi connectivity index (χ1n) is 6.29. The van der Waals surface area contributed by atoms with Gasteiger partial charge >= 0.3 is 0 Å². The zero-order valence-electron chi connectivity index (χ0n) is 11.2. The summed E-state index contributed by atoms with van der Waals surface area (Å²) < 4.78 is 30.6. The van der Waals surface area contributed by atoms with E-state index in [2.05, 4.69) is 20.2 Å². The molecule has 2 N–H and O–H groups in total. The van der Waals surface area contributed by atoms with Gasteiger partial charge in [0.1, 0.15) is 0 Å². The first-order valence-corrected chi connectivity index (χ1v) is 9.99. The molecule has 10 heteroatoms. The number of hydrogen-bond acceptors (Lipinski definition) is 8. The van der Waals surface area contributed by atoms with Crippen molar-refractivity contribution >= 4 is 38.3 Å². The SMILES string of the molecule is CS(=O)(=O)NCCSc1nnc(NC[C@H]2CCCO2)s1. The quantitative estimate of drug-likeness (QED) is 0.534. The maximum atomic E-state index is 10.9. The largest absolute Gasteiger partial charge is 0.376 e. The lowest BCUT2D eigenvalue weighted by molar-refractivity contribution is 0.120. The molecular formula is C10H18N4O3S3. The maximum absolute atomic E-state index is 10.9. The van der Waals surface area contributed by atoms with Crippen molar-refractivity contribution in [2.45, 2.75) is 23.3 Å². The van der Waals surface area contributed by atoms with Crippen LogP contribution in [0, 0.1) is 0 Å². The minimum Gasteiger partial charge on any atom is -0.376 e. The Kier molecular flexibility index (Phi) is 6.02. The Morgan fingerprint density at radius 3 is 3.05 bits per heavy atom. The highest BCUT2D eigenvalue weighted by molar-refractivity contribution is 8.01. The minimum atomic E-state index is -3.11. The Morgan fingerprint density at radius 1 is 1.50 bits per heavy atom. The van der Waals surface area contributed by atoms with Crippen LogP contribution in [0.2, 0.25) is 0 Å². The normalized spacial score (nSPS) is 19.4. The average Bonchev–Trinajstić information content (AvgIpc) is 3.02. The van der Waals surface area contributed by atoms with Gasteiger partial charge in [-0.3, -0.25) is 0 Å². The molecule has 7 nitrogen and oxygen atoms in total. The van der Waals surface area contributed by atoms with E-state index < -0.39 is 10.0 Å². The number of hydrogen-bond donors (Lipinski definition) is 2. The topological polar surface area (TPSA) is 93.2 Å². The second kappa shape index (κ2) is 7.55. The van der Waals surface area contributed by atoms with E-state index >= 15 is 0 Å². The highest BCUT2D eigenvalue weighted by Crippen LogP contribution is 2.25. The van der Waals surface area contributed by atoms with Gasteiger partial charge in [-0.15, -0.1) is 10.2 Å². The first-order chi connectivity index (χ1) is 9.53. The Morgan fingerprint density at radius 2 is 2.35 bits per heavy atom. The molecule has 114 valence electrons. The Balaban J connectivity index is 1.66. The number of nitrogens with zero attached hydrogens (tertiary/aromatic N) is 2. The highest BCUT2D eigenvalue weighted by atomic mass is 32.2. The van der Waals surface area contributed by atoms with Crippen molar-refractivity contribution in [2.75, 3.05) is 37.0 Å². The Hall–Kier alpha value is -0.420. The molecule has 1 fully saturated rings. The van der Waals surface area contributed by atoms with Crippen LogP contribution in [0.3, 0.4) is 0 Å². The summed E-state index contributed by atoms with van der Waals surface area (Å²) in [7, 11) is -3.11. The van der Waals surface area contributed by atoms with Crippen molar-refractivity contribution in [3.8, 4) is 0 Å². The van der Waals surface area contributed by atoms with Crippen LogP contribution in [0.1, 0.15) is 12.8 Å². The van der Waals surface area contributed by atoms with Gasteiger partial charge in [-0.25, -0.2) is 13.1 Å². The fourth-order valence-corrected chi connectivity index (χ4v) is 4.00. The summed E-state index contributed by atoms with van der Waals surface area (Å²) in [4.78, 5) is 0. The van der Waals surface area contributed by atoms with E-state index in [9.17, 15) is 8.42 Å². The van der Waals surface area contributed by atoms with Crippen molar-refractivity contribution in [3.05, 3.63) is 0 Å². The molecule has 0 aliphatic carbocycles. The summed E-state index contributed by atoms with van der Waals surface area (Å²) in [5.74, 6) is 0.632. The molecule has 0 amide bonds. The number of sulfonamides is 1. The van der Waals surface area contributed by atoms with Crippen molar-refractivity contribution in [2.24, 2.45) is 0 Å². The van der Waals surface area contributed by atoms with Gasteiger partial charge < -0.3 is 10.1 Å². The zero-order chi connectivity index (χ0) is 14.4. The van der Waals surface area contributed by atoms with Gasteiger partial charge in [0.25, 0.3) is 0 Å². The molecule has 0 bridgehead atoms. The molecule has 0 spiro atoms. The van der Waals surface area contributed by atoms with Crippen LogP contribution in [0.25, 0.3) is 0 Å². The summed E-state index contributed by atoms with van der Waals surface area (Å²) in [5.41, 5.74) is 0. The number of aromatic nitrogens is 2. The molecule has 0 aromatic carbocycles. The number of ether oxygens (including phenoxy) is 1. The molecule has 0 radical (unpaired) electrons. The smallest absolute Gasteiger partial charge is 0.208 e. The molecule has 1 atom stereocenters. The summed E-state index contributed by atoms with van der Waals surface area (Å²) >= 11 is 2.96. The standard InChI is InChI=1S/C10H18N4O3S3/c1-20(15,16)12-4-6-18-10-14-13-9(19-10)11-7-8-3-2-5-17-8/h8,12H,2-7H2,1H3,(H,11,13)/t8-/m1/s1. The van der Waals surface area contributed by atoms with Crippen LogP contribution < -0.4 is 10.0 Å². The van der Waals surface area contributed by atoms with E-state index in [1.165, 1.54) is 23.1 Å². The van der Waals surface area contributed by atoms with Crippen molar-refractivity contribution in [1.29, 1.82) is 0 Å². The van der Waals surface area contributed by atoms with E-state index in [0.717, 1.165) is 41.7 Å². The molecule has 1 aliphatic heterocycles. The van der Waals surface area contributed by atoms with Crippen LogP contribution in [0.15, 0.2) is 4.34 Å². The monoisotopic (exact) mass is 338 g/mol. The Labute approximate surface area is 126 Å². The van der Waals surface area contributed by atoms with Crippen LogP contribution in [0.4, 0.5) is 5.13 Å². The molecule has 1 aliphatic rings. The molecule has 1 aromatic heterocycles. The molecule has 2 rings (SSSR count). The zero-order valence-corrected chi connectivity index (χ0v) is 13.6. The summed E-state index contributed by atoms with van der Waals surface area (Å²) in [6.45, 7) is 1.99. The predicted molar refractivity (Wildman–Crippen MR) is 80.9 cm³/mol. The summed E-state index contributed by atoms with van der Waals surface area (Å²) in [6, 6.07) is 0. The van der Waals surface area contributed by atoms with Gasteiger partial charge in [-0.1, -0.05) is 23.1 Å². The van der Waals surface area contributed by atoms with E-state index in [-0.39, 0.29) is 6.10 Å². The number of thioether (sulfide) groups is 1. The highest BCUT2D eigenvalue weighted by Gasteiger charge is 2.15. The third-order valence-electron chi connectivity index (χ3n) is 2.60. The van der Waals surface area contributed by atoms with Gasteiger partial charge in [-0.2, -0.15) is 0 Å². The molecular weight excluding hydrogens is 320 g/mol. The summed E-state index contributed by atoms with van der Waals surface area (Å²) in [6.07, 6.45) is 3.63. The lowest BCUT2D eigenvalue weighted by Gasteiger charge is -2.08. The van der Waals surface area contributed by atoms with E-state index in [1.54, 1.807) is 0 Å². The van der Waals surface area contributed by atoms with Crippen molar-refractivity contribution in [1.82, 2.24) is 14.9 Å². The third-order valence-corrected chi connectivity index (χ3v) is 5.35. The van der Waals surface area contributed by atoms with Gasteiger partial charge in [0.2, 0.25) is 15.2 Å². The van der Waals surface area contributed by atoms with Crippen molar-refractivity contribution < 1.29 is 13.2 Å². The average molecular weight is 338 g/mol. The second-order valence-corrected chi connectivity index (χ2v) is 8.56. The number of nitrogens with one attached hydrogen (secondary N) is 2. The van der Waals surface area contributed by atoms with E-state index in [0.29, 0.717) is 12.3 Å². The predicted octanol–water partition coefficient (Wildman–Crippen LogP) is 0.770. The molecule has 20 heavy (non-hydrogen) atoms. The fraction of sp³-hybridized carbons (Fsp3) is 0.800. The molecule has 1 saturated heterocycles. The Bertz CT molecular complexity index is 514. The minimum absolute atomic E-state index is 0.272. The lowest BCUT2D eigenvalue weighted by atomic mass is 10.2. The lowest BCUT2D eigenvalue weighted by Crippen LogP contribution is -2.24. The van der Waals surface area contributed by atoms with Gasteiger partial charge in [0.15, 0.2) is 4.34 Å². The van der Waals surface area contributed by atoms with Gasteiger partial charge in [-0.05, 0) is 12.8 Å². The number of rotatable bonds is 8. The van der Waals surface area contributed by atoms with Crippen LogP contribution in [-0.4, -0.2) is 56.4 Å². The van der Waals surface area contributed by atoms with E-state index in [1.807, 2.05) is 0 Å². The van der Waals surface area contributed by atoms with Gasteiger partial charge in [0.05, 0.1) is 12.4 Å². The van der Waals surface area contributed by atoms with Crippen LogP contribution in [0.5, 0.6) is 0 Å². The van der Waals surface area contributed by atoms with E-state index in [4.69, 9.17) is 4.74 Å². The molecule has 0 unspecified atom stereocenters. The maximum Gasteiger partial charge on any atom is 0.208 e. The number of anilines is 1. The molecule has 2 heterocycles. The first kappa shape index (κ1) is 16.0. The van der Waals surface area contributed by atoms with Crippen LogP contribution >= 0.6 is 23.1 Å². The molecule has 1 aromatic rings. The van der Waals surface area contributed by atoms with Crippen molar-refractivity contribution in [3.63, 3.8) is 0 Å². The second-order valence-electron chi connectivity index (χ2n) is 4.40. The molecule has 0 saturated carbocycles. The van der Waals surface area contributed by atoms with Crippen LogP contribution in [-0.2, 0) is 14.8 Å². The third kappa shape index (κ3) is 5.92.